The molecule has 0 radical (unpaired) electrons. The first-order valence-corrected chi connectivity index (χ1v) is 7.14. The third-order valence-electron chi connectivity index (χ3n) is 2.87. The van der Waals surface area contributed by atoms with Crippen LogP contribution in [0.2, 0.25) is 5.02 Å². The number of amides is 1. The highest BCUT2D eigenvalue weighted by molar-refractivity contribution is 6.33. The highest BCUT2D eigenvalue weighted by atomic mass is 35.5. The molecular weight excluding hydrogens is 332 g/mol. The van der Waals surface area contributed by atoms with Crippen LogP contribution >= 0.6 is 11.6 Å². The molecule has 0 aliphatic rings. The average molecular weight is 347 g/mol. The summed E-state index contributed by atoms with van der Waals surface area (Å²) in [5, 5.41) is 22.8. The van der Waals surface area contributed by atoms with E-state index >= 15 is 0 Å². The van der Waals surface area contributed by atoms with Crippen molar-refractivity contribution in [2.45, 2.75) is 0 Å². The molecule has 1 rings (SSSR count). The van der Waals surface area contributed by atoms with E-state index in [1.807, 2.05) is 0 Å². The summed E-state index contributed by atoms with van der Waals surface area (Å²) in [7, 11) is 0. The lowest BCUT2D eigenvalue weighted by Gasteiger charge is -2.18. The maximum Gasteiger partial charge on any atom is 0.271 e. The normalized spacial score (nSPS) is 10.4. The predicted octanol–water partition coefficient (Wildman–Crippen LogP) is 3.27. The number of hydrogen-bond acceptors (Lipinski definition) is 5. The molecule has 0 saturated carbocycles. The Labute approximate surface area is 144 Å². The van der Waals surface area contributed by atoms with Gasteiger partial charge in [0.2, 0.25) is 0 Å². The zero-order valence-corrected chi connectivity index (χ0v) is 13.5. The van der Waals surface area contributed by atoms with Gasteiger partial charge >= 0.3 is 0 Å². The van der Waals surface area contributed by atoms with Crippen LogP contribution in [0.4, 0.5) is 11.4 Å². The van der Waals surface area contributed by atoms with Crippen LogP contribution in [0.3, 0.4) is 0 Å². The van der Waals surface area contributed by atoms with Crippen LogP contribution in [0.1, 0.15) is 0 Å². The molecule has 0 saturated heterocycles. The Balaban J connectivity index is 3.05. The van der Waals surface area contributed by atoms with Crippen LogP contribution in [0.5, 0.6) is 0 Å². The second-order valence-electron chi connectivity index (χ2n) is 4.52. The molecule has 0 atom stereocenters. The molecule has 0 fully saturated rings. The van der Waals surface area contributed by atoms with Gasteiger partial charge in [0.25, 0.3) is 11.6 Å². The number of nitrogens with one attached hydrogen (secondary N) is 1. The molecule has 1 aromatic carbocycles. The van der Waals surface area contributed by atoms with E-state index in [0.29, 0.717) is 0 Å². The molecule has 24 heavy (non-hydrogen) atoms. The van der Waals surface area contributed by atoms with Gasteiger partial charge in [-0.1, -0.05) is 23.8 Å². The summed E-state index contributed by atoms with van der Waals surface area (Å²) in [6.45, 7) is 7.61. The van der Waals surface area contributed by atoms with Gasteiger partial charge in [-0.15, -0.1) is 13.2 Å². The van der Waals surface area contributed by atoms with Gasteiger partial charge in [0.05, 0.1) is 15.6 Å². The van der Waals surface area contributed by atoms with Gasteiger partial charge in [-0.3, -0.25) is 14.9 Å². The molecule has 1 amide bonds. The number of nitro benzene ring substituents is 1. The van der Waals surface area contributed by atoms with Crippen molar-refractivity contribution in [3.8, 4) is 6.07 Å². The summed E-state index contributed by atoms with van der Waals surface area (Å²) in [5.74, 6) is -0.522. The topological polar surface area (TPSA) is 99.3 Å². The van der Waals surface area contributed by atoms with Gasteiger partial charge in [0.15, 0.2) is 0 Å². The first-order valence-electron chi connectivity index (χ1n) is 6.76. The Hall–Kier alpha value is -3.11. The van der Waals surface area contributed by atoms with E-state index in [1.54, 1.807) is 6.07 Å². The standard InChI is InChI=1S/C16H15ClN4O3/c1-3-7-20(8-4-2)16(22)12(10-18)11-19-15-9-13(21(23)24)5-6-14(15)17/h3-6,9,11,19H,1-2,7-8H2/b12-11-. The number of nitriles is 1. The summed E-state index contributed by atoms with van der Waals surface area (Å²) in [6, 6.07) is 5.61. The summed E-state index contributed by atoms with van der Waals surface area (Å²) in [6.07, 6.45) is 4.22. The number of carbonyl (C=O) groups excluding carboxylic acids is 1. The fourth-order valence-corrected chi connectivity index (χ4v) is 1.92. The Morgan fingerprint density at radius 3 is 2.54 bits per heavy atom. The van der Waals surface area contributed by atoms with Crippen molar-refractivity contribution in [1.29, 1.82) is 5.26 Å². The minimum Gasteiger partial charge on any atom is -0.359 e. The van der Waals surface area contributed by atoms with Crippen molar-refractivity contribution in [3.05, 3.63) is 70.4 Å². The van der Waals surface area contributed by atoms with E-state index in [9.17, 15) is 20.2 Å². The van der Waals surface area contributed by atoms with Crippen molar-refractivity contribution in [1.82, 2.24) is 4.90 Å². The number of hydrogen-bond donors (Lipinski definition) is 1. The van der Waals surface area contributed by atoms with Gasteiger partial charge in [0.1, 0.15) is 11.6 Å². The molecule has 0 bridgehead atoms. The Kier molecular flexibility index (Phi) is 7.20. The molecule has 0 aliphatic carbocycles. The molecule has 0 aromatic heterocycles. The van der Waals surface area contributed by atoms with E-state index in [-0.39, 0.29) is 35.1 Å². The molecule has 1 aromatic rings. The number of anilines is 1. The lowest BCUT2D eigenvalue weighted by atomic mass is 10.2. The smallest absolute Gasteiger partial charge is 0.271 e. The zero-order chi connectivity index (χ0) is 18.1. The van der Waals surface area contributed by atoms with Crippen molar-refractivity contribution >= 4 is 28.9 Å². The van der Waals surface area contributed by atoms with Gasteiger partial charge in [-0.2, -0.15) is 5.26 Å². The first-order chi connectivity index (χ1) is 11.4. The molecule has 1 N–H and O–H groups in total. The van der Waals surface area contributed by atoms with Crippen molar-refractivity contribution in [3.63, 3.8) is 0 Å². The molecule has 0 unspecified atom stereocenters. The number of nitro groups is 1. The van der Waals surface area contributed by atoms with E-state index in [1.165, 1.54) is 35.3 Å². The van der Waals surface area contributed by atoms with E-state index < -0.39 is 10.8 Å². The lowest BCUT2D eigenvalue weighted by Crippen LogP contribution is -2.32. The number of carbonyl (C=O) groups is 1. The highest BCUT2D eigenvalue weighted by Crippen LogP contribution is 2.26. The summed E-state index contributed by atoms with van der Waals surface area (Å²) >= 11 is 5.95. The fraction of sp³-hybridized carbons (Fsp3) is 0.125. The molecule has 0 aliphatic heterocycles. The molecule has 7 nitrogen and oxygen atoms in total. The molecular formula is C16H15ClN4O3. The van der Waals surface area contributed by atoms with Gasteiger partial charge in [0, 0.05) is 31.4 Å². The van der Waals surface area contributed by atoms with Crippen LogP contribution in [-0.2, 0) is 4.79 Å². The average Bonchev–Trinajstić information content (AvgIpc) is 2.56. The zero-order valence-electron chi connectivity index (χ0n) is 12.7. The van der Waals surface area contributed by atoms with Crippen LogP contribution in [0, 0.1) is 21.4 Å². The van der Waals surface area contributed by atoms with Gasteiger partial charge < -0.3 is 10.2 Å². The number of nitrogens with zero attached hydrogens (tertiary/aromatic N) is 3. The molecule has 124 valence electrons. The van der Waals surface area contributed by atoms with Crippen molar-refractivity contribution in [2.75, 3.05) is 18.4 Å². The number of rotatable bonds is 8. The number of halogens is 1. The maximum absolute atomic E-state index is 12.3. The van der Waals surface area contributed by atoms with Crippen LogP contribution in [0.25, 0.3) is 0 Å². The second-order valence-corrected chi connectivity index (χ2v) is 4.93. The van der Waals surface area contributed by atoms with Crippen LogP contribution in [-0.4, -0.2) is 28.8 Å². The van der Waals surface area contributed by atoms with Crippen molar-refractivity contribution < 1.29 is 9.72 Å². The van der Waals surface area contributed by atoms with Crippen LogP contribution in [0.15, 0.2) is 55.3 Å². The second kappa shape index (κ2) is 9.12. The lowest BCUT2D eigenvalue weighted by molar-refractivity contribution is -0.384. The number of benzene rings is 1. The van der Waals surface area contributed by atoms with Gasteiger partial charge in [-0.05, 0) is 6.07 Å². The highest BCUT2D eigenvalue weighted by Gasteiger charge is 2.16. The summed E-state index contributed by atoms with van der Waals surface area (Å²) < 4.78 is 0. The van der Waals surface area contributed by atoms with E-state index in [2.05, 4.69) is 18.5 Å². The van der Waals surface area contributed by atoms with E-state index in [4.69, 9.17) is 11.6 Å². The Morgan fingerprint density at radius 2 is 2.04 bits per heavy atom. The number of non-ortho nitro benzene ring substituents is 1. The van der Waals surface area contributed by atoms with Gasteiger partial charge in [-0.25, -0.2) is 0 Å². The molecule has 0 heterocycles. The summed E-state index contributed by atoms with van der Waals surface area (Å²) in [4.78, 5) is 23.9. The first kappa shape index (κ1) is 18.9. The Bertz CT molecular complexity index is 727. The largest absolute Gasteiger partial charge is 0.359 e. The summed E-state index contributed by atoms with van der Waals surface area (Å²) in [5.41, 5.74) is -0.133. The quantitative estimate of drug-likeness (QED) is 0.256. The Morgan fingerprint density at radius 1 is 1.42 bits per heavy atom. The maximum atomic E-state index is 12.3. The molecule has 0 spiro atoms. The third kappa shape index (κ3) is 4.97. The molecule has 8 heteroatoms. The predicted molar refractivity (Wildman–Crippen MR) is 92.4 cm³/mol. The minimum absolute atomic E-state index is 0.167. The fourth-order valence-electron chi connectivity index (χ4n) is 1.75. The third-order valence-corrected chi connectivity index (χ3v) is 3.20. The monoisotopic (exact) mass is 346 g/mol. The van der Waals surface area contributed by atoms with E-state index in [0.717, 1.165) is 6.20 Å². The minimum atomic E-state index is -0.572. The van der Waals surface area contributed by atoms with Crippen molar-refractivity contribution in [2.24, 2.45) is 0 Å². The van der Waals surface area contributed by atoms with Crippen LogP contribution < -0.4 is 5.32 Å². The SMILES string of the molecule is C=CCN(CC=C)C(=O)/C(C#N)=C\Nc1cc([N+](=O)[O-])ccc1Cl.